The van der Waals surface area contributed by atoms with E-state index in [0.29, 0.717) is 30.7 Å². The number of ether oxygens (including phenoxy) is 3. The first-order valence-corrected chi connectivity index (χ1v) is 19.9. The van der Waals surface area contributed by atoms with Crippen molar-refractivity contribution in [3.05, 3.63) is 29.8 Å². The van der Waals surface area contributed by atoms with E-state index in [2.05, 4.69) is 31.9 Å². The second kappa shape index (κ2) is 27.4. The monoisotopic (exact) mass is 834 g/mol. The van der Waals surface area contributed by atoms with Gasteiger partial charge >= 0.3 is 12.1 Å². The van der Waals surface area contributed by atoms with Crippen LogP contribution in [0.15, 0.2) is 24.3 Å². The number of anilines is 1. The van der Waals surface area contributed by atoms with Crippen molar-refractivity contribution in [3.8, 4) is 0 Å². The fourth-order valence-electron chi connectivity index (χ4n) is 5.66. The van der Waals surface area contributed by atoms with E-state index in [0.717, 1.165) is 0 Å². The van der Waals surface area contributed by atoms with Crippen LogP contribution in [0.4, 0.5) is 15.3 Å². The summed E-state index contributed by atoms with van der Waals surface area (Å²) < 4.78 is 16.2. The van der Waals surface area contributed by atoms with Crippen LogP contribution in [0.25, 0.3) is 0 Å². The number of nitrogens with one attached hydrogen (secondary N) is 6. The largest absolute Gasteiger partial charge is 0.445 e. The molecular weight excluding hydrogens is 768 g/mol. The van der Waals surface area contributed by atoms with Gasteiger partial charge in [0.1, 0.15) is 36.6 Å². The Labute approximate surface area is 347 Å². The van der Waals surface area contributed by atoms with Crippen LogP contribution < -0.4 is 37.6 Å². The van der Waals surface area contributed by atoms with E-state index in [4.69, 9.17) is 19.9 Å². The Hall–Kier alpha value is -5.30. The number of benzene rings is 1. The summed E-state index contributed by atoms with van der Waals surface area (Å²) in [4.78, 5) is 102. The Kier molecular flexibility index (Phi) is 24.0. The molecule has 1 unspecified atom stereocenters. The minimum absolute atomic E-state index is 0.0205. The molecule has 0 aliphatic rings. The Morgan fingerprint density at radius 2 is 1.29 bits per heavy atom. The fraction of sp³-hybridized carbons (Fsp3) is 0.650. The lowest BCUT2D eigenvalue weighted by atomic mass is 9.99. The van der Waals surface area contributed by atoms with Crippen molar-refractivity contribution >= 4 is 53.1 Å². The lowest BCUT2D eigenvalue weighted by Gasteiger charge is -2.31. The predicted molar refractivity (Wildman–Crippen MR) is 220 cm³/mol. The molecule has 0 bridgehead atoms. The van der Waals surface area contributed by atoms with Crippen LogP contribution in [0.2, 0.25) is 0 Å². The smallest absolute Gasteiger partial charge is 0.410 e. The molecule has 0 aliphatic carbocycles. The first-order valence-electron chi connectivity index (χ1n) is 19.9. The van der Waals surface area contributed by atoms with E-state index in [-0.39, 0.29) is 75.3 Å². The second-order valence-corrected chi connectivity index (χ2v) is 15.1. The van der Waals surface area contributed by atoms with Gasteiger partial charge in [-0.1, -0.05) is 53.7 Å². The van der Waals surface area contributed by atoms with Gasteiger partial charge in [0, 0.05) is 39.2 Å². The highest BCUT2D eigenvalue weighted by Crippen LogP contribution is 2.16. The average molecular weight is 835 g/mol. The van der Waals surface area contributed by atoms with Crippen molar-refractivity contribution in [2.45, 2.75) is 105 Å². The molecule has 1 aromatic carbocycles. The number of nitrogens with zero attached hydrogens (tertiary/aromatic N) is 1. The number of primary amides is 1. The van der Waals surface area contributed by atoms with E-state index in [9.17, 15) is 38.4 Å². The molecule has 19 nitrogen and oxygen atoms in total. The van der Waals surface area contributed by atoms with Crippen molar-refractivity contribution in [1.29, 1.82) is 0 Å². The SMILES string of the molecule is CNC(=O)C(NC(=O)[C@@H](C(C)C)N(C)C(=O)OCc1ccc(NC(=O)[C@H](CCCNC(N)=O)NC(=O)[C@@H](NC(=O)CCOCCOCCC(C)=O)C(C)C)cc1)C(C)C. The number of ketones is 1. The number of carbonyl (C=O) groups is 8. The number of nitrogens with two attached hydrogens (primary N) is 1. The second-order valence-electron chi connectivity index (χ2n) is 15.1. The molecule has 1 rings (SSSR count). The fourth-order valence-corrected chi connectivity index (χ4v) is 5.66. The topological polar surface area (TPSA) is 266 Å². The molecule has 0 spiro atoms. The maximum atomic E-state index is 13.5. The van der Waals surface area contributed by atoms with Crippen molar-refractivity contribution in [2.24, 2.45) is 23.5 Å². The molecule has 0 aliphatic heterocycles. The van der Waals surface area contributed by atoms with Crippen LogP contribution in [0.3, 0.4) is 0 Å². The normalized spacial score (nSPS) is 13.1. The van der Waals surface area contributed by atoms with E-state index >= 15 is 0 Å². The zero-order chi connectivity index (χ0) is 44.7. The third-order valence-electron chi connectivity index (χ3n) is 8.99. The van der Waals surface area contributed by atoms with Gasteiger partial charge in [-0.2, -0.15) is 0 Å². The number of rotatable bonds is 27. The van der Waals surface area contributed by atoms with E-state index < -0.39 is 59.9 Å². The molecule has 0 saturated heterocycles. The third kappa shape index (κ3) is 20.3. The maximum Gasteiger partial charge on any atom is 0.410 e. The summed E-state index contributed by atoms with van der Waals surface area (Å²) in [5.74, 6) is -3.21. The van der Waals surface area contributed by atoms with Gasteiger partial charge < -0.3 is 51.8 Å². The number of likely N-dealkylation sites (N-methyl/N-ethyl adjacent to an activating group) is 2. The summed E-state index contributed by atoms with van der Waals surface area (Å²) in [5.41, 5.74) is 6.12. The van der Waals surface area contributed by atoms with Crippen molar-refractivity contribution in [3.63, 3.8) is 0 Å². The zero-order valence-corrected chi connectivity index (χ0v) is 35.9. The molecule has 1 aromatic rings. The standard InChI is InChI=1S/C40H66N8O11/c1-24(2)32(36(52)42-8)47-38(54)34(26(5)6)48(9)40(56)59-23-28-12-14-29(15-13-28)44-35(51)30(11-10-18-43-39(41)55)45-37(53)33(25(3)4)46-31(50)17-20-58-22-21-57-19-16-27(7)49/h12-15,24-26,30,32-34H,10-11,16-23H2,1-9H3,(H,42,52)(H,44,51)(H,45,53)(H,46,50)(H,47,54)(H3,41,43,55)/t30-,32?,33-,34+/m0/s1. The molecule has 8 amide bonds. The zero-order valence-electron chi connectivity index (χ0n) is 35.9. The average Bonchev–Trinajstić information content (AvgIpc) is 3.16. The predicted octanol–water partition coefficient (Wildman–Crippen LogP) is 1.58. The molecule has 0 radical (unpaired) electrons. The Morgan fingerprint density at radius 3 is 1.81 bits per heavy atom. The number of amides is 8. The molecule has 59 heavy (non-hydrogen) atoms. The van der Waals surface area contributed by atoms with E-state index in [1.165, 1.54) is 25.9 Å². The summed E-state index contributed by atoms with van der Waals surface area (Å²) in [6, 6.07) is 1.97. The lowest BCUT2D eigenvalue weighted by molar-refractivity contribution is -0.133. The van der Waals surface area contributed by atoms with Gasteiger partial charge in [0.2, 0.25) is 29.5 Å². The number of hydrogen-bond donors (Lipinski definition) is 7. The minimum Gasteiger partial charge on any atom is -0.445 e. The van der Waals surface area contributed by atoms with Gasteiger partial charge in [0.25, 0.3) is 0 Å². The number of Topliss-reactive ketones (excluding diaryl/α,β-unsaturated/α-hetero) is 1. The molecule has 0 saturated carbocycles. The molecule has 0 heterocycles. The van der Waals surface area contributed by atoms with Crippen LogP contribution in [0, 0.1) is 17.8 Å². The van der Waals surface area contributed by atoms with Gasteiger partial charge in [-0.15, -0.1) is 0 Å². The first-order chi connectivity index (χ1) is 27.8. The third-order valence-corrected chi connectivity index (χ3v) is 8.99. The maximum absolute atomic E-state index is 13.5. The van der Waals surface area contributed by atoms with E-state index in [1.54, 1.807) is 65.8 Å². The molecule has 0 fully saturated rings. The van der Waals surface area contributed by atoms with Crippen molar-refractivity contribution in [1.82, 2.24) is 31.5 Å². The highest BCUT2D eigenvalue weighted by atomic mass is 16.6. The highest BCUT2D eigenvalue weighted by molar-refractivity contribution is 5.98. The Morgan fingerprint density at radius 1 is 0.712 bits per heavy atom. The minimum atomic E-state index is -1.06. The lowest BCUT2D eigenvalue weighted by Crippen LogP contribution is -2.56. The highest BCUT2D eigenvalue weighted by Gasteiger charge is 2.34. The molecule has 19 heteroatoms. The Balaban J connectivity index is 2.90. The molecule has 4 atom stereocenters. The summed E-state index contributed by atoms with van der Waals surface area (Å²) in [5, 5.41) is 15.9. The Bertz CT molecular complexity index is 1540. The first kappa shape index (κ1) is 51.7. The van der Waals surface area contributed by atoms with Gasteiger partial charge in [0.05, 0.1) is 26.4 Å². The van der Waals surface area contributed by atoms with Crippen LogP contribution in [-0.2, 0) is 49.6 Å². The van der Waals surface area contributed by atoms with Crippen LogP contribution in [0.5, 0.6) is 0 Å². The molecule has 332 valence electrons. The van der Waals surface area contributed by atoms with E-state index in [1.807, 2.05) is 0 Å². The van der Waals surface area contributed by atoms with Crippen LogP contribution in [-0.4, -0.2) is 124 Å². The van der Waals surface area contributed by atoms with Gasteiger partial charge in [0.15, 0.2) is 0 Å². The quantitative estimate of drug-likeness (QED) is 0.0626. The summed E-state index contributed by atoms with van der Waals surface area (Å²) >= 11 is 0. The van der Waals surface area contributed by atoms with Gasteiger partial charge in [-0.3, -0.25) is 33.7 Å². The van der Waals surface area contributed by atoms with Crippen molar-refractivity contribution < 1.29 is 52.6 Å². The summed E-state index contributed by atoms with van der Waals surface area (Å²) in [6.07, 6.45) is -0.0448. The summed E-state index contributed by atoms with van der Waals surface area (Å²) in [6.45, 7) is 13.0. The number of carbonyl (C=O) groups excluding carboxylic acids is 8. The van der Waals surface area contributed by atoms with Crippen molar-refractivity contribution in [2.75, 3.05) is 52.4 Å². The van der Waals surface area contributed by atoms with Gasteiger partial charge in [-0.25, -0.2) is 9.59 Å². The number of hydrogen-bond acceptors (Lipinski definition) is 11. The summed E-state index contributed by atoms with van der Waals surface area (Å²) in [7, 11) is 2.93. The molecular formula is C40H66N8O11. The van der Waals surface area contributed by atoms with Crippen LogP contribution in [0.1, 0.15) is 79.7 Å². The molecule has 8 N–H and O–H groups in total. The number of urea groups is 1. The van der Waals surface area contributed by atoms with Gasteiger partial charge in [-0.05, 0) is 55.2 Å². The van der Waals surface area contributed by atoms with Crippen LogP contribution >= 0.6 is 0 Å². The molecule has 0 aromatic heterocycles.